The minimum atomic E-state index is 0.705. The molecule has 2 heterocycles. The second-order valence-corrected chi connectivity index (χ2v) is 10.0. The van der Waals surface area contributed by atoms with Gasteiger partial charge in [0.25, 0.3) is 0 Å². The van der Waals surface area contributed by atoms with Crippen LogP contribution in [-0.2, 0) is 6.54 Å². The zero-order valence-corrected chi connectivity index (χ0v) is 23.2. The Labute approximate surface area is 229 Å². The topological polar surface area (TPSA) is 50.4 Å². The number of hydrogen-bond acceptors (Lipinski definition) is 5. The lowest BCUT2D eigenvalue weighted by Gasteiger charge is -2.24. The highest BCUT2D eigenvalue weighted by Crippen LogP contribution is 2.40. The number of anilines is 3. The van der Waals surface area contributed by atoms with E-state index in [1.54, 1.807) is 25.6 Å². The molecule has 2 aromatic carbocycles. The summed E-state index contributed by atoms with van der Waals surface area (Å²) < 4.78 is 13.0. The quantitative estimate of drug-likeness (QED) is 0.184. The van der Waals surface area contributed by atoms with Crippen LogP contribution in [0.3, 0.4) is 0 Å². The van der Waals surface area contributed by atoms with Crippen molar-refractivity contribution in [2.24, 2.45) is 0 Å². The van der Waals surface area contributed by atoms with Gasteiger partial charge in [-0.1, -0.05) is 19.4 Å². The summed E-state index contributed by atoms with van der Waals surface area (Å²) in [6, 6.07) is 24.8. The molecular weight excluding hydrogens is 490 g/mol. The van der Waals surface area contributed by atoms with E-state index in [4.69, 9.17) is 9.47 Å². The zero-order valence-electron chi connectivity index (χ0n) is 22.3. The maximum atomic E-state index is 9.23. The first-order valence-corrected chi connectivity index (χ1v) is 13.5. The number of unbranched alkanes of at least 4 members (excludes halogenated alkanes) is 1. The number of ether oxygens (including phenoxy) is 2. The lowest BCUT2D eigenvalue weighted by atomic mass is 10.2. The number of methoxy groups -OCH3 is 2. The molecule has 0 unspecified atom stereocenters. The zero-order chi connectivity index (χ0) is 26.9. The van der Waals surface area contributed by atoms with E-state index in [1.807, 2.05) is 37.3 Å². The van der Waals surface area contributed by atoms with E-state index in [0.29, 0.717) is 5.57 Å². The number of thiophene rings is 1. The van der Waals surface area contributed by atoms with Crippen LogP contribution < -0.4 is 14.4 Å². The average molecular weight is 524 g/mol. The fraction of sp³-hybridized carbons (Fsp3) is 0.219. The molecule has 0 aliphatic heterocycles. The van der Waals surface area contributed by atoms with Crippen LogP contribution >= 0.6 is 11.3 Å². The van der Waals surface area contributed by atoms with Gasteiger partial charge in [-0.15, -0.1) is 11.3 Å². The van der Waals surface area contributed by atoms with Gasteiger partial charge >= 0.3 is 0 Å². The molecular formula is C32H33N3O2S. The first kappa shape index (κ1) is 26.8. The van der Waals surface area contributed by atoms with Crippen molar-refractivity contribution in [1.82, 2.24) is 4.57 Å². The second kappa shape index (κ2) is 12.8. The van der Waals surface area contributed by atoms with Crippen molar-refractivity contribution in [3.05, 3.63) is 94.6 Å². The third-order valence-corrected chi connectivity index (χ3v) is 7.21. The summed E-state index contributed by atoms with van der Waals surface area (Å²) in [6.07, 6.45) is 10.6. The normalized spacial score (nSPS) is 11.5. The maximum absolute atomic E-state index is 9.23. The first-order chi connectivity index (χ1) is 18.5. The standard InChI is InChI=1S/C32H33N3O2S/c1-5-6-19-34-23-25(21-28(34)20-24(2)22-33)7-16-31-17-18-32(38-31)35(26-8-12-29(36-3)13-9-26)27-10-14-30(37-4)15-11-27/h7-18,20-21,23H,5-6,19H2,1-4H3/b16-7+,24-20-. The molecule has 0 spiro atoms. The summed E-state index contributed by atoms with van der Waals surface area (Å²) in [6.45, 7) is 4.98. The molecule has 5 nitrogen and oxygen atoms in total. The third kappa shape index (κ3) is 6.56. The van der Waals surface area contributed by atoms with Crippen LogP contribution in [0.1, 0.15) is 42.8 Å². The molecule has 2 aromatic heterocycles. The highest BCUT2D eigenvalue weighted by molar-refractivity contribution is 7.17. The summed E-state index contributed by atoms with van der Waals surface area (Å²) in [7, 11) is 3.35. The Balaban J connectivity index is 1.63. The molecule has 0 radical (unpaired) electrons. The lowest BCUT2D eigenvalue weighted by Crippen LogP contribution is -2.08. The molecule has 194 valence electrons. The van der Waals surface area contributed by atoms with Crippen molar-refractivity contribution in [3.63, 3.8) is 0 Å². The molecule has 0 amide bonds. The van der Waals surface area contributed by atoms with Crippen molar-refractivity contribution in [1.29, 1.82) is 5.26 Å². The van der Waals surface area contributed by atoms with Crippen LogP contribution in [0.5, 0.6) is 11.5 Å². The van der Waals surface area contributed by atoms with E-state index in [1.165, 1.54) is 0 Å². The second-order valence-electron chi connectivity index (χ2n) is 8.93. The molecule has 0 aliphatic carbocycles. The van der Waals surface area contributed by atoms with Crippen molar-refractivity contribution in [3.8, 4) is 17.6 Å². The van der Waals surface area contributed by atoms with Gasteiger partial charge in [-0.05, 0) is 97.8 Å². The van der Waals surface area contributed by atoms with Crippen molar-refractivity contribution in [2.45, 2.75) is 33.2 Å². The third-order valence-electron chi connectivity index (χ3n) is 6.18. The molecule has 38 heavy (non-hydrogen) atoms. The van der Waals surface area contributed by atoms with Crippen LogP contribution in [0.2, 0.25) is 0 Å². The van der Waals surface area contributed by atoms with E-state index >= 15 is 0 Å². The van der Waals surface area contributed by atoms with Crippen LogP contribution in [-0.4, -0.2) is 18.8 Å². The van der Waals surface area contributed by atoms with Gasteiger partial charge in [-0.25, -0.2) is 0 Å². The Hall–Kier alpha value is -4.21. The molecule has 4 aromatic rings. The highest BCUT2D eigenvalue weighted by Gasteiger charge is 2.15. The van der Waals surface area contributed by atoms with E-state index in [2.05, 4.69) is 83.3 Å². The number of nitriles is 1. The van der Waals surface area contributed by atoms with Gasteiger partial charge in [0, 0.05) is 40.3 Å². The number of nitrogens with zero attached hydrogens (tertiary/aromatic N) is 3. The summed E-state index contributed by atoms with van der Waals surface area (Å²) >= 11 is 1.72. The molecule has 0 fully saturated rings. The molecule has 4 rings (SSSR count). The minimum absolute atomic E-state index is 0.705. The predicted octanol–water partition coefficient (Wildman–Crippen LogP) is 8.93. The maximum Gasteiger partial charge on any atom is 0.119 e. The van der Waals surface area contributed by atoms with Crippen molar-refractivity contribution in [2.75, 3.05) is 19.1 Å². The number of allylic oxidation sites excluding steroid dienone is 1. The van der Waals surface area contributed by atoms with Gasteiger partial charge in [0.1, 0.15) is 16.5 Å². The van der Waals surface area contributed by atoms with Gasteiger partial charge < -0.3 is 18.9 Å². The number of aromatic nitrogens is 1. The summed E-state index contributed by atoms with van der Waals surface area (Å²) in [4.78, 5) is 3.38. The van der Waals surface area contributed by atoms with Crippen molar-refractivity contribution >= 4 is 45.9 Å². The lowest BCUT2D eigenvalue weighted by molar-refractivity contribution is 0.415. The van der Waals surface area contributed by atoms with Gasteiger partial charge in [-0.2, -0.15) is 5.26 Å². The first-order valence-electron chi connectivity index (χ1n) is 12.7. The van der Waals surface area contributed by atoms with Gasteiger partial charge in [-0.3, -0.25) is 0 Å². The monoisotopic (exact) mass is 523 g/mol. The summed E-state index contributed by atoms with van der Waals surface area (Å²) in [5.74, 6) is 1.64. The molecule has 0 saturated carbocycles. The Morgan fingerprint density at radius 3 is 2.13 bits per heavy atom. The van der Waals surface area contributed by atoms with E-state index in [-0.39, 0.29) is 0 Å². The van der Waals surface area contributed by atoms with Crippen LogP contribution in [0, 0.1) is 11.3 Å². The SMILES string of the molecule is CCCCn1cc(/C=C/c2ccc(N(c3ccc(OC)cc3)c3ccc(OC)cc3)s2)cc1/C=C(/C)C#N. The number of hydrogen-bond donors (Lipinski definition) is 0. The molecule has 0 saturated heterocycles. The number of benzene rings is 2. The molecule has 0 N–H and O–H groups in total. The molecule has 0 aliphatic rings. The largest absolute Gasteiger partial charge is 0.497 e. The Bertz CT molecular complexity index is 1390. The molecule has 6 heteroatoms. The Kier molecular flexibility index (Phi) is 9.07. The summed E-state index contributed by atoms with van der Waals surface area (Å²) in [5, 5.41) is 10.3. The number of rotatable bonds is 11. The summed E-state index contributed by atoms with van der Waals surface area (Å²) in [5.41, 5.74) is 4.98. The molecule has 0 bridgehead atoms. The molecule has 0 atom stereocenters. The fourth-order valence-corrected chi connectivity index (χ4v) is 5.09. The van der Waals surface area contributed by atoms with Crippen LogP contribution in [0.4, 0.5) is 16.4 Å². The van der Waals surface area contributed by atoms with Gasteiger partial charge in [0.2, 0.25) is 0 Å². The highest BCUT2D eigenvalue weighted by atomic mass is 32.1. The van der Waals surface area contributed by atoms with Crippen molar-refractivity contribution < 1.29 is 9.47 Å². The van der Waals surface area contributed by atoms with E-state index in [9.17, 15) is 5.26 Å². The average Bonchev–Trinajstić information content (AvgIpc) is 3.58. The smallest absolute Gasteiger partial charge is 0.119 e. The predicted molar refractivity (Wildman–Crippen MR) is 160 cm³/mol. The van der Waals surface area contributed by atoms with Gasteiger partial charge in [0.15, 0.2) is 0 Å². The van der Waals surface area contributed by atoms with E-state index < -0.39 is 0 Å². The Morgan fingerprint density at radius 2 is 1.58 bits per heavy atom. The van der Waals surface area contributed by atoms with Crippen LogP contribution in [0.25, 0.3) is 18.2 Å². The fourth-order valence-electron chi connectivity index (χ4n) is 4.13. The minimum Gasteiger partial charge on any atom is -0.497 e. The van der Waals surface area contributed by atoms with E-state index in [0.717, 1.165) is 63.4 Å². The Morgan fingerprint density at radius 1 is 0.947 bits per heavy atom. The van der Waals surface area contributed by atoms with Gasteiger partial charge in [0.05, 0.1) is 20.3 Å². The number of aryl methyl sites for hydroxylation is 1. The van der Waals surface area contributed by atoms with Crippen LogP contribution in [0.15, 0.2) is 78.5 Å².